The average molecular weight is 393 g/mol. The quantitative estimate of drug-likeness (QED) is 0.779. The van der Waals surface area contributed by atoms with Gasteiger partial charge in [0.1, 0.15) is 10.6 Å². The van der Waals surface area contributed by atoms with E-state index in [1.165, 1.54) is 64.8 Å². The highest BCUT2D eigenvalue weighted by molar-refractivity contribution is 7.89. The van der Waals surface area contributed by atoms with Gasteiger partial charge >= 0.3 is 0 Å². The molecular weight excluding hydrogens is 364 g/mol. The topological polar surface area (TPSA) is 84.5 Å². The summed E-state index contributed by atoms with van der Waals surface area (Å²) in [7, 11) is -0.948. The summed E-state index contributed by atoms with van der Waals surface area (Å²) in [5, 5.41) is 3.10. The van der Waals surface area contributed by atoms with E-state index in [1.807, 2.05) is 0 Å². The highest BCUT2D eigenvalue weighted by Crippen LogP contribution is 2.59. The number of ether oxygens (including phenoxy) is 1. The van der Waals surface area contributed by atoms with E-state index in [1.54, 1.807) is 6.07 Å². The predicted molar refractivity (Wildman–Crippen MR) is 102 cm³/mol. The molecule has 6 nitrogen and oxygen atoms in total. The smallest absolute Gasteiger partial charge is 0.251 e. The molecule has 0 unspecified atom stereocenters. The molecule has 0 aliphatic heterocycles. The number of carbonyl (C=O) groups is 1. The van der Waals surface area contributed by atoms with Crippen LogP contribution in [0.15, 0.2) is 23.1 Å². The molecule has 4 fully saturated rings. The van der Waals surface area contributed by atoms with Crippen LogP contribution < -0.4 is 14.8 Å². The number of nitrogens with one attached hydrogen (secondary N) is 2. The number of hydrogen-bond donors (Lipinski definition) is 2. The summed E-state index contributed by atoms with van der Waals surface area (Å²) in [6, 6.07) is 4.53. The van der Waals surface area contributed by atoms with Gasteiger partial charge in [-0.15, -0.1) is 0 Å². The molecule has 0 aromatic heterocycles. The van der Waals surface area contributed by atoms with Crippen LogP contribution in [-0.2, 0) is 10.0 Å². The van der Waals surface area contributed by atoms with Crippen LogP contribution in [0.2, 0.25) is 0 Å². The van der Waals surface area contributed by atoms with Crippen molar-refractivity contribution in [2.45, 2.75) is 43.4 Å². The summed E-state index contributed by atoms with van der Waals surface area (Å²) in [4.78, 5) is 12.7. The van der Waals surface area contributed by atoms with Crippen molar-refractivity contribution >= 4 is 15.9 Å². The lowest BCUT2D eigenvalue weighted by Crippen LogP contribution is -2.51. The van der Waals surface area contributed by atoms with Gasteiger partial charge in [0.25, 0.3) is 5.91 Å². The van der Waals surface area contributed by atoms with Crippen LogP contribution in [0.3, 0.4) is 0 Å². The first-order chi connectivity index (χ1) is 12.8. The van der Waals surface area contributed by atoms with Crippen molar-refractivity contribution in [3.05, 3.63) is 23.8 Å². The van der Waals surface area contributed by atoms with E-state index in [0.29, 0.717) is 12.1 Å². The second kappa shape index (κ2) is 6.78. The van der Waals surface area contributed by atoms with Gasteiger partial charge in [-0.1, -0.05) is 0 Å². The van der Waals surface area contributed by atoms with Gasteiger partial charge in [-0.3, -0.25) is 4.79 Å². The maximum atomic E-state index is 12.7. The molecule has 2 N–H and O–H groups in total. The van der Waals surface area contributed by atoms with Crippen LogP contribution in [0.4, 0.5) is 0 Å². The van der Waals surface area contributed by atoms with Gasteiger partial charge in [-0.05, 0) is 86.9 Å². The zero-order valence-electron chi connectivity index (χ0n) is 16.0. The molecule has 1 amide bonds. The monoisotopic (exact) mass is 392 g/mol. The van der Waals surface area contributed by atoms with Crippen LogP contribution in [0, 0.1) is 23.2 Å². The number of carbonyl (C=O) groups excluding carboxylic acids is 1. The van der Waals surface area contributed by atoms with Gasteiger partial charge in [0, 0.05) is 12.1 Å². The summed E-state index contributed by atoms with van der Waals surface area (Å²) >= 11 is 0. The fourth-order valence-electron chi connectivity index (χ4n) is 6.01. The Balaban J connectivity index is 1.50. The Morgan fingerprint density at radius 1 is 1.15 bits per heavy atom. The average Bonchev–Trinajstić information content (AvgIpc) is 2.64. The molecule has 1 aromatic rings. The largest absolute Gasteiger partial charge is 0.495 e. The van der Waals surface area contributed by atoms with Crippen LogP contribution in [0.5, 0.6) is 5.75 Å². The van der Waals surface area contributed by atoms with Crippen LogP contribution in [-0.4, -0.2) is 35.0 Å². The maximum Gasteiger partial charge on any atom is 0.251 e. The molecule has 148 valence electrons. The normalized spacial score (nSPS) is 31.7. The summed E-state index contributed by atoms with van der Waals surface area (Å²) in [6.07, 6.45) is 7.79. The molecule has 1 aromatic carbocycles. The van der Waals surface area contributed by atoms with E-state index >= 15 is 0 Å². The van der Waals surface area contributed by atoms with Crippen molar-refractivity contribution in [2.75, 3.05) is 20.7 Å². The van der Waals surface area contributed by atoms with Crippen molar-refractivity contribution in [3.63, 3.8) is 0 Å². The van der Waals surface area contributed by atoms with Crippen LogP contribution >= 0.6 is 0 Å². The lowest BCUT2D eigenvalue weighted by atomic mass is 9.49. The van der Waals surface area contributed by atoms with Crippen molar-refractivity contribution < 1.29 is 17.9 Å². The van der Waals surface area contributed by atoms with Crippen molar-refractivity contribution in [1.82, 2.24) is 10.0 Å². The SMILES string of the molecule is CNS(=O)(=O)c1cc(C(=O)NCC23CC4CC(CC(C4)C2)C3)ccc1OC. The summed E-state index contributed by atoms with van der Waals surface area (Å²) in [5.41, 5.74) is 0.589. The zero-order valence-corrected chi connectivity index (χ0v) is 16.8. The second-order valence-corrected chi connectivity index (χ2v) is 10.5. The zero-order chi connectivity index (χ0) is 19.2. The summed E-state index contributed by atoms with van der Waals surface area (Å²) < 4.78 is 31.9. The number of benzene rings is 1. The van der Waals surface area contributed by atoms with Crippen molar-refractivity contribution in [3.8, 4) is 5.75 Å². The third-order valence-electron chi connectivity index (χ3n) is 6.77. The third kappa shape index (κ3) is 3.47. The Bertz CT molecular complexity index is 814. The van der Waals surface area contributed by atoms with Gasteiger partial charge in [0.15, 0.2) is 0 Å². The molecule has 7 heteroatoms. The number of methoxy groups -OCH3 is 1. The molecule has 0 saturated heterocycles. The van der Waals surface area contributed by atoms with Gasteiger partial charge in [0.05, 0.1) is 7.11 Å². The third-order valence-corrected chi connectivity index (χ3v) is 8.21. The number of rotatable bonds is 6. The Hall–Kier alpha value is -1.60. The lowest BCUT2D eigenvalue weighted by molar-refractivity contribution is -0.0503. The Morgan fingerprint density at radius 3 is 2.26 bits per heavy atom. The number of hydrogen-bond acceptors (Lipinski definition) is 4. The fourth-order valence-corrected chi connectivity index (χ4v) is 6.93. The van der Waals surface area contributed by atoms with E-state index in [2.05, 4.69) is 10.0 Å². The van der Waals surface area contributed by atoms with Gasteiger partial charge in [0.2, 0.25) is 10.0 Å². The van der Waals surface area contributed by atoms with Gasteiger partial charge in [-0.2, -0.15) is 0 Å². The molecule has 0 heterocycles. The van der Waals surface area contributed by atoms with Gasteiger partial charge in [-0.25, -0.2) is 13.1 Å². The Morgan fingerprint density at radius 2 is 1.74 bits per heavy atom. The molecule has 4 bridgehead atoms. The van der Waals surface area contributed by atoms with E-state index < -0.39 is 10.0 Å². The number of sulfonamides is 1. The molecule has 27 heavy (non-hydrogen) atoms. The molecule has 4 aliphatic carbocycles. The van der Waals surface area contributed by atoms with E-state index in [-0.39, 0.29) is 22.0 Å². The summed E-state index contributed by atoms with van der Waals surface area (Å²) in [5.74, 6) is 2.51. The van der Waals surface area contributed by atoms with E-state index in [0.717, 1.165) is 17.8 Å². The first-order valence-electron chi connectivity index (χ1n) is 9.74. The minimum Gasteiger partial charge on any atom is -0.495 e. The number of amides is 1. The maximum absolute atomic E-state index is 12.7. The fraction of sp³-hybridized carbons (Fsp3) is 0.650. The van der Waals surface area contributed by atoms with Gasteiger partial charge < -0.3 is 10.1 Å². The Labute approximate surface area is 161 Å². The van der Waals surface area contributed by atoms with Crippen molar-refractivity contribution in [2.24, 2.45) is 23.2 Å². The van der Waals surface area contributed by atoms with E-state index in [9.17, 15) is 13.2 Å². The van der Waals surface area contributed by atoms with Crippen LogP contribution in [0.1, 0.15) is 48.9 Å². The Kier molecular flexibility index (Phi) is 4.71. The van der Waals surface area contributed by atoms with E-state index in [4.69, 9.17) is 4.74 Å². The first-order valence-corrected chi connectivity index (χ1v) is 11.2. The first kappa shape index (κ1) is 18.7. The second-order valence-electron chi connectivity index (χ2n) is 8.67. The molecular formula is C20H28N2O4S. The molecule has 0 atom stereocenters. The molecule has 4 aliphatic rings. The predicted octanol–water partition coefficient (Wildman–Crippen LogP) is 2.55. The molecule has 0 spiro atoms. The van der Waals surface area contributed by atoms with Crippen LogP contribution in [0.25, 0.3) is 0 Å². The molecule has 4 saturated carbocycles. The molecule has 0 radical (unpaired) electrons. The highest BCUT2D eigenvalue weighted by atomic mass is 32.2. The molecule has 5 rings (SSSR count). The minimum atomic E-state index is -3.70. The summed E-state index contributed by atoms with van der Waals surface area (Å²) in [6.45, 7) is 0.690. The van der Waals surface area contributed by atoms with Crippen molar-refractivity contribution in [1.29, 1.82) is 0 Å². The lowest BCUT2D eigenvalue weighted by Gasteiger charge is -2.56. The standard InChI is InChI=1S/C20H28N2O4S/c1-21-27(24,25)18-8-16(3-4-17(18)26-2)19(23)22-12-20-9-13-5-14(10-20)7-15(6-13)11-20/h3-4,8,13-15,21H,5-7,9-12H2,1-2H3,(H,22,23). The minimum absolute atomic E-state index is 0.0186. The highest BCUT2D eigenvalue weighted by Gasteiger charge is 2.50.